The number of nitrogens with zero attached hydrogens (tertiary/aromatic N) is 1. The molecule has 0 fully saturated rings. The number of unbranched alkanes of at least 4 members (excludes halogenated alkanes) is 1. The standard InChI is InChI=1S/C14H21NO5/c1-3-19-13(16)12(14(17)20-4-2)8-6-5-7-11-9-18-10-15-11/h9-10,12H,3-8H2,1-2H3. The third-order valence-corrected chi connectivity index (χ3v) is 2.80. The Labute approximate surface area is 118 Å². The van der Waals surface area contributed by atoms with Crippen molar-refractivity contribution in [1.82, 2.24) is 4.98 Å². The molecule has 0 aliphatic rings. The van der Waals surface area contributed by atoms with Crippen LogP contribution in [0.1, 0.15) is 38.8 Å². The summed E-state index contributed by atoms with van der Waals surface area (Å²) in [7, 11) is 0. The normalized spacial score (nSPS) is 10.6. The number of carbonyl (C=O) groups excluding carboxylic acids is 2. The number of ether oxygens (including phenoxy) is 2. The van der Waals surface area contributed by atoms with Crippen molar-refractivity contribution < 1.29 is 23.5 Å². The fraction of sp³-hybridized carbons (Fsp3) is 0.643. The third kappa shape index (κ3) is 5.42. The van der Waals surface area contributed by atoms with Crippen LogP contribution in [0.5, 0.6) is 0 Å². The largest absolute Gasteiger partial charge is 0.465 e. The van der Waals surface area contributed by atoms with E-state index in [4.69, 9.17) is 13.9 Å². The van der Waals surface area contributed by atoms with E-state index in [0.29, 0.717) is 6.42 Å². The summed E-state index contributed by atoms with van der Waals surface area (Å²) in [6.45, 7) is 3.94. The summed E-state index contributed by atoms with van der Waals surface area (Å²) in [5.74, 6) is -1.84. The van der Waals surface area contributed by atoms with E-state index in [2.05, 4.69) is 4.98 Å². The van der Waals surface area contributed by atoms with Gasteiger partial charge < -0.3 is 13.9 Å². The van der Waals surface area contributed by atoms with Crippen molar-refractivity contribution in [3.8, 4) is 0 Å². The van der Waals surface area contributed by atoms with Crippen LogP contribution in [0.3, 0.4) is 0 Å². The summed E-state index contributed by atoms with van der Waals surface area (Å²) in [5, 5.41) is 0. The van der Waals surface area contributed by atoms with Gasteiger partial charge in [-0.3, -0.25) is 9.59 Å². The smallest absolute Gasteiger partial charge is 0.320 e. The lowest BCUT2D eigenvalue weighted by molar-refractivity contribution is -0.161. The molecule has 0 aliphatic heterocycles. The van der Waals surface area contributed by atoms with Crippen LogP contribution >= 0.6 is 0 Å². The second-order valence-corrected chi connectivity index (χ2v) is 4.28. The predicted octanol–water partition coefficient (Wildman–Crippen LogP) is 2.13. The average molecular weight is 283 g/mol. The van der Waals surface area contributed by atoms with Crippen LogP contribution in [0.15, 0.2) is 17.1 Å². The molecule has 0 atom stereocenters. The lowest BCUT2D eigenvalue weighted by Crippen LogP contribution is -2.28. The monoisotopic (exact) mass is 283 g/mol. The van der Waals surface area contributed by atoms with E-state index in [1.165, 1.54) is 6.39 Å². The van der Waals surface area contributed by atoms with Gasteiger partial charge in [0.25, 0.3) is 0 Å². The highest BCUT2D eigenvalue weighted by Crippen LogP contribution is 2.14. The topological polar surface area (TPSA) is 78.6 Å². The van der Waals surface area contributed by atoms with Gasteiger partial charge in [0.2, 0.25) is 0 Å². The number of hydrogen-bond donors (Lipinski definition) is 0. The molecule has 0 amide bonds. The van der Waals surface area contributed by atoms with E-state index in [-0.39, 0.29) is 13.2 Å². The van der Waals surface area contributed by atoms with Crippen molar-refractivity contribution in [3.63, 3.8) is 0 Å². The molecule has 0 saturated heterocycles. The van der Waals surface area contributed by atoms with Gasteiger partial charge in [0.05, 0.1) is 18.9 Å². The molecule has 0 spiro atoms. The van der Waals surface area contributed by atoms with Gasteiger partial charge in [-0.2, -0.15) is 0 Å². The Morgan fingerprint density at radius 3 is 2.35 bits per heavy atom. The van der Waals surface area contributed by atoms with Crippen LogP contribution in [-0.4, -0.2) is 30.1 Å². The molecule has 6 nitrogen and oxygen atoms in total. The summed E-state index contributed by atoms with van der Waals surface area (Å²) in [4.78, 5) is 27.5. The van der Waals surface area contributed by atoms with Crippen molar-refractivity contribution >= 4 is 11.9 Å². The van der Waals surface area contributed by atoms with Crippen molar-refractivity contribution in [3.05, 3.63) is 18.4 Å². The Bertz CT molecular complexity index is 384. The molecule has 0 N–H and O–H groups in total. The van der Waals surface area contributed by atoms with E-state index < -0.39 is 17.9 Å². The molecule has 112 valence electrons. The molecule has 0 radical (unpaired) electrons. The Hall–Kier alpha value is -1.85. The molecule has 1 rings (SSSR count). The highest BCUT2D eigenvalue weighted by atomic mass is 16.6. The molecule has 0 unspecified atom stereocenters. The number of aryl methyl sites for hydroxylation is 1. The zero-order chi connectivity index (χ0) is 14.8. The van der Waals surface area contributed by atoms with E-state index in [1.807, 2.05) is 0 Å². The SMILES string of the molecule is CCOC(=O)C(CCCCc1cocn1)C(=O)OCC. The van der Waals surface area contributed by atoms with Crippen LogP contribution in [0, 0.1) is 5.92 Å². The first-order valence-electron chi connectivity index (χ1n) is 6.89. The van der Waals surface area contributed by atoms with Gasteiger partial charge >= 0.3 is 11.9 Å². The highest BCUT2D eigenvalue weighted by Gasteiger charge is 2.28. The molecule has 1 aromatic rings. The van der Waals surface area contributed by atoms with Gasteiger partial charge in [-0.05, 0) is 33.1 Å². The first-order valence-corrected chi connectivity index (χ1v) is 6.89. The van der Waals surface area contributed by atoms with Crippen molar-refractivity contribution in [2.24, 2.45) is 5.92 Å². The minimum absolute atomic E-state index is 0.258. The lowest BCUT2D eigenvalue weighted by Gasteiger charge is -2.13. The Balaban J connectivity index is 2.39. The number of carbonyl (C=O) groups is 2. The minimum atomic E-state index is -0.827. The fourth-order valence-corrected chi connectivity index (χ4v) is 1.83. The first-order chi connectivity index (χ1) is 9.69. The van der Waals surface area contributed by atoms with E-state index in [1.54, 1.807) is 20.1 Å². The molecule has 6 heteroatoms. The van der Waals surface area contributed by atoms with Gasteiger partial charge in [-0.15, -0.1) is 0 Å². The Kier molecular flexibility index (Phi) is 7.39. The zero-order valence-electron chi connectivity index (χ0n) is 12.0. The van der Waals surface area contributed by atoms with Gasteiger partial charge in [0, 0.05) is 0 Å². The van der Waals surface area contributed by atoms with Gasteiger partial charge in [-0.1, -0.05) is 6.42 Å². The van der Waals surface area contributed by atoms with Crippen molar-refractivity contribution in [2.45, 2.75) is 39.5 Å². The van der Waals surface area contributed by atoms with Crippen LogP contribution < -0.4 is 0 Å². The summed E-state index contributed by atoms with van der Waals surface area (Å²) >= 11 is 0. The second-order valence-electron chi connectivity index (χ2n) is 4.28. The Morgan fingerprint density at radius 2 is 1.85 bits per heavy atom. The molecule has 20 heavy (non-hydrogen) atoms. The lowest BCUT2D eigenvalue weighted by atomic mass is 10.0. The molecular formula is C14H21NO5. The summed E-state index contributed by atoms with van der Waals surface area (Å²) in [6, 6.07) is 0. The molecular weight excluding hydrogens is 262 g/mol. The van der Waals surface area contributed by atoms with Gasteiger partial charge in [0.15, 0.2) is 12.3 Å². The predicted molar refractivity (Wildman–Crippen MR) is 70.8 cm³/mol. The zero-order valence-corrected chi connectivity index (χ0v) is 12.0. The third-order valence-electron chi connectivity index (χ3n) is 2.80. The number of aromatic nitrogens is 1. The minimum Gasteiger partial charge on any atom is -0.465 e. The molecule has 0 saturated carbocycles. The number of hydrogen-bond acceptors (Lipinski definition) is 6. The number of esters is 2. The van der Waals surface area contributed by atoms with E-state index in [9.17, 15) is 9.59 Å². The molecule has 0 aliphatic carbocycles. The number of oxazole rings is 1. The second kappa shape index (κ2) is 9.12. The summed E-state index contributed by atoms with van der Waals surface area (Å²) < 4.78 is 14.7. The van der Waals surface area contributed by atoms with Crippen LogP contribution in [0.4, 0.5) is 0 Å². The number of rotatable bonds is 9. The Morgan fingerprint density at radius 1 is 1.20 bits per heavy atom. The quantitative estimate of drug-likeness (QED) is 0.392. The molecule has 0 bridgehead atoms. The maximum absolute atomic E-state index is 11.7. The van der Waals surface area contributed by atoms with E-state index >= 15 is 0 Å². The molecule has 0 aromatic carbocycles. The van der Waals surface area contributed by atoms with Crippen molar-refractivity contribution in [1.29, 1.82) is 0 Å². The molecule has 1 heterocycles. The van der Waals surface area contributed by atoms with Crippen LogP contribution in [-0.2, 0) is 25.5 Å². The van der Waals surface area contributed by atoms with Crippen molar-refractivity contribution in [2.75, 3.05) is 13.2 Å². The highest BCUT2D eigenvalue weighted by molar-refractivity contribution is 5.94. The van der Waals surface area contributed by atoms with Gasteiger partial charge in [0.1, 0.15) is 6.26 Å². The van der Waals surface area contributed by atoms with Crippen LogP contribution in [0.2, 0.25) is 0 Å². The fourth-order valence-electron chi connectivity index (χ4n) is 1.83. The first kappa shape index (κ1) is 16.2. The maximum Gasteiger partial charge on any atom is 0.320 e. The maximum atomic E-state index is 11.7. The van der Waals surface area contributed by atoms with E-state index in [0.717, 1.165) is 25.0 Å². The summed E-state index contributed by atoms with van der Waals surface area (Å²) in [5.41, 5.74) is 0.869. The summed E-state index contributed by atoms with van der Waals surface area (Å²) in [6.07, 6.45) is 5.70. The van der Waals surface area contributed by atoms with Gasteiger partial charge in [-0.25, -0.2) is 4.98 Å². The molecule has 1 aromatic heterocycles. The average Bonchev–Trinajstić information content (AvgIpc) is 2.92. The van der Waals surface area contributed by atoms with Crippen LogP contribution in [0.25, 0.3) is 0 Å².